The zero-order valence-electron chi connectivity index (χ0n) is 15.0. The minimum Gasteiger partial charge on any atom is -0.497 e. The standard InChI is InChI=1S/C19H23N3O5/c1-26-14-4-2-12(3-5-14)8-15-18(16(23)11-21-15)27-19(25)22-10-13-6-7-20-17(24)9-13/h2-7,9,15-16,18,21,23H,8,10-11H2,1H3,(H,20,24)(H,22,25)/t15-,16+,18+/m1/s1. The molecular formula is C19H23N3O5. The van der Waals surface area contributed by atoms with E-state index in [0.717, 1.165) is 11.3 Å². The molecule has 0 unspecified atom stereocenters. The first kappa shape index (κ1) is 18.9. The number of H-pyrrole nitrogens is 1. The lowest BCUT2D eigenvalue weighted by atomic mass is 10.0. The zero-order valence-corrected chi connectivity index (χ0v) is 15.0. The van der Waals surface area contributed by atoms with Crippen LogP contribution >= 0.6 is 0 Å². The van der Waals surface area contributed by atoms with Crippen LogP contribution in [-0.4, -0.2) is 48.1 Å². The Balaban J connectivity index is 1.56. The fourth-order valence-corrected chi connectivity index (χ4v) is 3.08. The van der Waals surface area contributed by atoms with Crippen LogP contribution < -0.4 is 20.9 Å². The number of nitrogens with one attached hydrogen (secondary N) is 3. The van der Waals surface area contributed by atoms with E-state index in [9.17, 15) is 14.7 Å². The molecule has 0 spiro atoms. The summed E-state index contributed by atoms with van der Waals surface area (Å²) < 4.78 is 10.6. The maximum absolute atomic E-state index is 12.1. The number of carbonyl (C=O) groups excluding carboxylic acids is 1. The van der Waals surface area contributed by atoms with Crippen LogP contribution in [0.25, 0.3) is 0 Å². The Kier molecular flexibility index (Phi) is 6.10. The molecule has 1 fully saturated rings. The van der Waals surface area contributed by atoms with Crippen LogP contribution in [0.15, 0.2) is 47.4 Å². The first-order valence-electron chi connectivity index (χ1n) is 8.71. The number of hydrogen-bond acceptors (Lipinski definition) is 6. The Morgan fingerprint density at radius 2 is 2.04 bits per heavy atom. The molecule has 0 saturated carbocycles. The molecule has 1 aliphatic rings. The van der Waals surface area contributed by atoms with E-state index < -0.39 is 18.3 Å². The minimum atomic E-state index is -0.779. The van der Waals surface area contributed by atoms with Crippen LogP contribution in [-0.2, 0) is 17.7 Å². The van der Waals surface area contributed by atoms with Gasteiger partial charge in [-0.1, -0.05) is 12.1 Å². The number of benzene rings is 1. The number of carbonyl (C=O) groups is 1. The smallest absolute Gasteiger partial charge is 0.407 e. The predicted octanol–water partition coefficient (Wildman–Crippen LogP) is 0.554. The molecule has 0 radical (unpaired) electrons. The monoisotopic (exact) mass is 373 g/mol. The van der Waals surface area contributed by atoms with Gasteiger partial charge in [-0.05, 0) is 35.7 Å². The average molecular weight is 373 g/mol. The van der Waals surface area contributed by atoms with Crippen molar-refractivity contribution in [1.82, 2.24) is 15.6 Å². The Hall–Kier alpha value is -2.84. The molecule has 1 aromatic heterocycles. The first-order valence-corrected chi connectivity index (χ1v) is 8.71. The maximum Gasteiger partial charge on any atom is 0.407 e. The van der Waals surface area contributed by atoms with E-state index in [2.05, 4.69) is 15.6 Å². The minimum absolute atomic E-state index is 0.169. The van der Waals surface area contributed by atoms with Crippen molar-refractivity contribution in [2.75, 3.05) is 13.7 Å². The third-order valence-electron chi connectivity index (χ3n) is 4.50. The van der Waals surface area contributed by atoms with Gasteiger partial charge >= 0.3 is 6.09 Å². The van der Waals surface area contributed by atoms with Gasteiger partial charge in [0, 0.05) is 25.4 Å². The molecule has 0 bridgehead atoms. The number of hydrogen-bond donors (Lipinski definition) is 4. The van der Waals surface area contributed by atoms with E-state index >= 15 is 0 Å². The zero-order chi connectivity index (χ0) is 19.2. The molecule has 2 aromatic rings. The van der Waals surface area contributed by atoms with Crippen LogP contribution in [0.1, 0.15) is 11.1 Å². The van der Waals surface area contributed by atoms with E-state index in [0.29, 0.717) is 18.5 Å². The van der Waals surface area contributed by atoms with Crippen molar-refractivity contribution < 1.29 is 19.4 Å². The molecule has 4 N–H and O–H groups in total. The van der Waals surface area contributed by atoms with Gasteiger partial charge in [-0.15, -0.1) is 0 Å². The van der Waals surface area contributed by atoms with Crippen LogP contribution in [0.5, 0.6) is 5.75 Å². The number of methoxy groups -OCH3 is 1. The predicted molar refractivity (Wildman–Crippen MR) is 98.7 cm³/mol. The molecule has 0 aliphatic carbocycles. The van der Waals surface area contributed by atoms with Crippen molar-refractivity contribution in [3.8, 4) is 5.75 Å². The summed E-state index contributed by atoms with van der Waals surface area (Å²) in [6.07, 6.45) is 0.0420. The van der Waals surface area contributed by atoms with Crippen molar-refractivity contribution in [2.45, 2.75) is 31.2 Å². The molecule has 27 heavy (non-hydrogen) atoms. The highest BCUT2D eigenvalue weighted by Crippen LogP contribution is 2.19. The van der Waals surface area contributed by atoms with E-state index in [-0.39, 0.29) is 18.1 Å². The van der Waals surface area contributed by atoms with Crippen molar-refractivity contribution in [2.24, 2.45) is 0 Å². The highest BCUT2D eigenvalue weighted by Gasteiger charge is 2.37. The Labute approximate surface area is 156 Å². The number of aliphatic hydroxyl groups is 1. The third-order valence-corrected chi connectivity index (χ3v) is 4.50. The molecule has 1 aromatic carbocycles. The van der Waals surface area contributed by atoms with Gasteiger partial charge in [0.2, 0.25) is 5.56 Å². The molecule has 1 aliphatic heterocycles. The Bertz CT molecular complexity index is 821. The number of pyridine rings is 1. The van der Waals surface area contributed by atoms with Gasteiger partial charge < -0.3 is 30.2 Å². The highest BCUT2D eigenvalue weighted by molar-refractivity contribution is 5.67. The van der Waals surface area contributed by atoms with Crippen LogP contribution in [0.3, 0.4) is 0 Å². The van der Waals surface area contributed by atoms with Gasteiger partial charge in [-0.2, -0.15) is 0 Å². The second-order valence-electron chi connectivity index (χ2n) is 6.42. The molecule has 3 rings (SSSR count). The lowest BCUT2D eigenvalue weighted by Gasteiger charge is -2.22. The third kappa shape index (κ3) is 5.08. The Morgan fingerprint density at radius 1 is 1.26 bits per heavy atom. The number of rotatable bonds is 6. The SMILES string of the molecule is COc1ccc(C[C@H]2NC[C@H](O)[C@H]2OC(=O)NCc2cc[nH]c(=O)c2)cc1. The molecule has 1 amide bonds. The van der Waals surface area contributed by atoms with E-state index in [1.165, 1.54) is 12.3 Å². The molecule has 8 heteroatoms. The van der Waals surface area contributed by atoms with Gasteiger partial charge in [0.1, 0.15) is 18.0 Å². The second-order valence-corrected chi connectivity index (χ2v) is 6.42. The van der Waals surface area contributed by atoms with Crippen LogP contribution in [0.4, 0.5) is 4.79 Å². The van der Waals surface area contributed by atoms with Gasteiger partial charge in [0.15, 0.2) is 0 Å². The molecule has 2 heterocycles. The number of aromatic nitrogens is 1. The Morgan fingerprint density at radius 3 is 2.74 bits per heavy atom. The summed E-state index contributed by atoms with van der Waals surface area (Å²) in [7, 11) is 1.61. The average Bonchev–Trinajstić information content (AvgIpc) is 3.00. The van der Waals surface area contributed by atoms with Gasteiger partial charge in [0.05, 0.1) is 13.2 Å². The van der Waals surface area contributed by atoms with Crippen LogP contribution in [0.2, 0.25) is 0 Å². The topological polar surface area (TPSA) is 113 Å². The van der Waals surface area contributed by atoms with E-state index in [4.69, 9.17) is 9.47 Å². The second kappa shape index (κ2) is 8.70. The van der Waals surface area contributed by atoms with E-state index in [1.54, 1.807) is 13.2 Å². The van der Waals surface area contributed by atoms with Crippen LogP contribution in [0, 0.1) is 0 Å². The molecular weight excluding hydrogens is 350 g/mol. The highest BCUT2D eigenvalue weighted by atomic mass is 16.6. The summed E-state index contributed by atoms with van der Waals surface area (Å²) in [6.45, 7) is 0.523. The molecule has 3 atom stereocenters. The number of alkyl carbamates (subject to hydrolysis) is 1. The molecule has 1 saturated heterocycles. The van der Waals surface area contributed by atoms with Crippen molar-refractivity contribution >= 4 is 6.09 Å². The summed E-state index contributed by atoms with van der Waals surface area (Å²) in [5.74, 6) is 0.769. The van der Waals surface area contributed by atoms with Crippen molar-refractivity contribution in [1.29, 1.82) is 0 Å². The van der Waals surface area contributed by atoms with Crippen molar-refractivity contribution in [3.05, 3.63) is 64.1 Å². The molecule has 8 nitrogen and oxygen atoms in total. The lowest BCUT2D eigenvalue weighted by molar-refractivity contribution is 0.0188. The number of aliphatic hydroxyl groups excluding tert-OH is 1. The summed E-state index contributed by atoms with van der Waals surface area (Å²) in [5.41, 5.74) is 1.47. The normalized spacial score (nSPS) is 21.6. The summed E-state index contributed by atoms with van der Waals surface area (Å²) in [5, 5.41) is 15.9. The summed E-state index contributed by atoms with van der Waals surface area (Å²) >= 11 is 0. The molecule has 144 valence electrons. The largest absolute Gasteiger partial charge is 0.497 e. The number of aromatic amines is 1. The lowest BCUT2D eigenvalue weighted by Crippen LogP contribution is -2.41. The quantitative estimate of drug-likeness (QED) is 0.588. The van der Waals surface area contributed by atoms with E-state index in [1.807, 2.05) is 24.3 Å². The fraction of sp³-hybridized carbons (Fsp3) is 0.368. The number of β-amino-alcohol motifs (C(OH)–C–C–N with tert-alkyl or cyclic N) is 1. The summed E-state index contributed by atoms with van der Waals surface area (Å²) in [4.78, 5) is 25.9. The van der Waals surface area contributed by atoms with Gasteiger partial charge in [-0.25, -0.2) is 4.79 Å². The first-order chi connectivity index (χ1) is 13.0. The summed E-state index contributed by atoms with van der Waals surface area (Å²) in [6, 6.07) is 10.5. The maximum atomic E-state index is 12.1. The van der Waals surface area contributed by atoms with Gasteiger partial charge in [0.25, 0.3) is 0 Å². The van der Waals surface area contributed by atoms with Crippen molar-refractivity contribution in [3.63, 3.8) is 0 Å². The van der Waals surface area contributed by atoms with Gasteiger partial charge in [-0.3, -0.25) is 4.79 Å². The number of amides is 1. The number of ether oxygens (including phenoxy) is 2. The fourth-order valence-electron chi connectivity index (χ4n) is 3.08.